The highest BCUT2D eigenvalue weighted by molar-refractivity contribution is 5.73. The molecule has 0 unspecified atom stereocenters. The van der Waals surface area contributed by atoms with E-state index in [0.717, 1.165) is 18.2 Å². The van der Waals surface area contributed by atoms with Gasteiger partial charge in [-0.2, -0.15) is 0 Å². The summed E-state index contributed by atoms with van der Waals surface area (Å²) in [4.78, 5) is 23.0. The van der Waals surface area contributed by atoms with Gasteiger partial charge in [-0.3, -0.25) is 4.79 Å². The maximum absolute atomic E-state index is 13.4. The molecule has 2 atom stereocenters. The summed E-state index contributed by atoms with van der Waals surface area (Å²) in [6.45, 7) is 5.09. The molecule has 1 aromatic carbocycles. The number of ether oxygens (including phenoxy) is 1. The van der Waals surface area contributed by atoms with Gasteiger partial charge in [-0.15, -0.1) is 6.42 Å². The second-order valence-electron chi connectivity index (χ2n) is 6.96. The molecule has 26 heavy (non-hydrogen) atoms. The van der Waals surface area contributed by atoms with E-state index in [2.05, 4.69) is 11.2 Å². The first-order valence-corrected chi connectivity index (χ1v) is 8.13. The Morgan fingerprint density at radius 1 is 1.23 bits per heavy atom. The van der Waals surface area contributed by atoms with Crippen LogP contribution in [0.5, 0.6) is 0 Å². The van der Waals surface area contributed by atoms with E-state index in [1.165, 1.54) is 0 Å². The normalized spacial score (nSPS) is 13.4. The third kappa shape index (κ3) is 7.97. The number of carboxylic acids is 1. The summed E-state index contributed by atoms with van der Waals surface area (Å²) >= 11 is 0. The predicted octanol–water partition coefficient (Wildman–Crippen LogP) is 3.51. The lowest BCUT2D eigenvalue weighted by molar-refractivity contribution is -0.139. The highest BCUT2D eigenvalue weighted by atomic mass is 19.1. The highest BCUT2D eigenvalue weighted by Crippen LogP contribution is 2.16. The van der Waals surface area contributed by atoms with E-state index in [-0.39, 0.29) is 19.3 Å². The van der Waals surface area contributed by atoms with Gasteiger partial charge in [0.1, 0.15) is 23.2 Å². The lowest BCUT2D eigenvalue weighted by Crippen LogP contribution is -2.40. The molecule has 0 aliphatic carbocycles. The van der Waals surface area contributed by atoms with Gasteiger partial charge in [0.05, 0.1) is 0 Å². The van der Waals surface area contributed by atoms with Crippen LogP contribution in [0.4, 0.5) is 13.6 Å². The summed E-state index contributed by atoms with van der Waals surface area (Å²) in [6, 6.07) is 2.46. The maximum atomic E-state index is 13.4. The zero-order chi connectivity index (χ0) is 19.9. The quantitative estimate of drug-likeness (QED) is 0.723. The predicted molar refractivity (Wildman–Crippen MR) is 92.4 cm³/mol. The van der Waals surface area contributed by atoms with Crippen LogP contribution in [0.2, 0.25) is 0 Å². The van der Waals surface area contributed by atoms with Gasteiger partial charge < -0.3 is 15.2 Å². The smallest absolute Gasteiger partial charge is 0.407 e. The van der Waals surface area contributed by atoms with Crippen molar-refractivity contribution in [2.45, 2.75) is 51.7 Å². The largest absolute Gasteiger partial charge is 0.480 e. The number of carboxylic acid groups (broad SMARTS) is 1. The van der Waals surface area contributed by atoms with Crippen molar-refractivity contribution in [3.63, 3.8) is 0 Å². The molecule has 0 spiro atoms. The molecule has 5 nitrogen and oxygen atoms in total. The van der Waals surface area contributed by atoms with E-state index in [1.807, 2.05) is 0 Å². The number of hydrogen-bond donors (Lipinski definition) is 2. The molecule has 1 rings (SSSR count). The Kier molecular flexibility index (Phi) is 7.56. The number of benzene rings is 1. The molecule has 1 amide bonds. The van der Waals surface area contributed by atoms with E-state index in [4.69, 9.17) is 16.3 Å². The second kappa shape index (κ2) is 9.18. The van der Waals surface area contributed by atoms with Crippen LogP contribution in [0.25, 0.3) is 0 Å². The number of rotatable bonds is 7. The second-order valence-corrected chi connectivity index (χ2v) is 6.96. The summed E-state index contributed by atoms with van der Waals surface area (Å²) in [5.74, 6) is -1.45. The summed E-state index contributed by atoms with van der Waals surface area (Å²) in [7, 11) is 0. The lowest BCUT2D eigenvalue weighted by atomic mass is 9.96. The van der Waals surface area contributed by atoms with Gasteiger partial charge >= 0.3 is 12.1 Å². The summed E-state index contributed by atoms with van der Waals surface area (Å²) in [5.41, 5.74) is -0.390. The number of halogens is 2. The van der Waals surface area contributed by atoms with Crippen LogP contribution in [0.3, 0.4) is 0 Å². The molecule has 142 valence electrons. The summed E-state index contributed by atoms with van der Waals surface area (Å²) in [5, 5.41) is 11.6. The Bertz CT molecular complexity index is 672. The van der Waals surface area contributed by atoms with E-state index in [9.17, 15) is 18.4 Å². The average Bonchev–Trinajstić information content (AvgIpc) is 2.43. The monoisotopic (exact) mass is 367 g/mol. The molecule has 0 heterocycles. The first-order valence-electron chi connectivity index (χ1n) is 8.13. The van der Waals surface area contributed by atoms with Gasteiger partial charge in [0.25, 0.3) is 0 Å². The molecule has 0 saturated carbocycles. The van der Waals surface area contributed by atoms with Crippen molar-refractivity contribution in [3.8, 4) is 12.3 Å². The standard InChI is InChI=1S/C19H23F2NO4/c1-5-13(17(23)24)6-7-16(22-18(25)26-19(2,3)4)10-12-8-14(20)11-15(21)9-12/h1,8-9,11,13,16H,6-7,10H2,2-4H3,(H,22,25)(H,23,24)/t13-,16+/m0/s1. The Morgan fingerprint density at radius 3 is 2.27 bits per heavy atom. The zero-order valence-corrected chi connectivity index (χ0v) is 15.0. The number of nitrogens with one attached hydrogen (secondary N) is 1. The molecular formula is C19H23F2NO4. The minimum Gasteiger partial charge on any atom is -0.480 e. The minimum atomic E-state index is -1.14. The number of amides is 1. The third-order valence-corrected chi connectivity index (χ3v) is 3.43. The average molecular weight is 367 g/mol. The van der Waals surface area contributed by atoms with Crippen molar-refractivity contribution < 1.29 is 28.2 Å². The van der Waals surface area contributed by atoms with Gasteiger partial charge in [-0.05, 0) is 57.7 Å². The topological polar surface area (TPSA) is 75.6 Å². The fourth-order valence-corrected chi connectivity index (χ4v) is 2.36. The third-order valence-electron chi connectivity index (χ3n) is 3.43. The summed E-state index contributed by atoms with van der Waals surface area (Å²) < 4.78 is 31.9. The Balaban J connectivity index is 2.88. The lowest BCUT2D eigenvalue weighted by Gasteiger charge is -2.24. The van der Waals surface area contributed by atoms with Crippen LogP contribution < -0.4 is 5.32 Å². The fraction of sp³-hybridized carbons (Fsp3) is 0.474. The highest BCUT2D eigenvalue weighted by Gasteiger charge is 2.22. The van der Waals surface area contributed by atoms with Crippen LogP contribution in [0, 0.1) is 29.9 Å². The molecule has 0 aliphatic rings. The van der Waals surface area contributed by atoms with E-state index in [0.29, 0.717) is 5.56 Å². The van der Waals surface area contributed by atoms with E-state index < -0.39 is 41.3 Å². The molecule has 0 radical (unpaired) electrons. The van der Waals surface area contributed by atoms with Gasteiger partial charge in [0.2, 0.25) is 0 Å². The Hall–Kier alpha value is -2.62. The van der Waals surface area contributed by atoms with Crippen molar-refractivity contribution in [3.05, 3.63) is 35.4 Å². The minimum absolute atomic E-state index is 0.101. The number of hydrogen-bond acceptors (Lipinski definition) is 3. The molecule has 7 heteroatoms. The Morgan fingerprint density at radius 2 is 1.81 bits per heavy atom. The van der Waals surface area contributed by atoms with Crippen molar-refractivity contribution in [1.82, 2.24) is 5.32 Å². The fourth-order valence-electron chi connectivity index (χ4n) is 2.36. The van der Waals surface area contributed by atoms with Crippen molar-refractivity contribution in [1.29, 1.82) is 0 Å². The Labute approximate surface area is 151 Å². The van der Waals surface area contributed by atoms with E-state index in [1.54, 1.807) is 20.8 Å². The molecule has 0 aromatic heterocycles. The molecule has 0 saturated heterocycles. The molecular weight excluding hydrogens is 344 g/mol. The first kappa shape index (κ1) is 21.4. The molecule has 2 N–H and O–H groups in total. The first-order chi connectivity index (χ1) is 12.0. The van der Waals surface area contributed by atoms with Gasteiger partial charge in [0, 0.05) is 12.1 Å². The van der Waals surface area contributed by atoms with Crippen LogP contribution in [0.15, 0.2) is 18.2 Å². The van der Waals surface area contributed by atoms with Crippen LogP contribution in [0.1, 0.15) is 39.2 Å². The van der Waals surface area contributed by atoms with Crippen LogP contribution in [-0.4, -0.2) is 28.8 Å². The molecule has 0 bridgehead atoms. The maximum Gasteiger partial charge on any atom is 0.407 e. The summed E-state index contributed by atoms with van der Waals surface area (Å²) in [6.07, 6.45) is 4.90. The van der Waals surface area contributed by atoms with Gasteiger partial charge in [-0.1, -0.05) is 5.92 Å². The van der Waals surface area contributed by atoms with Crippen molar-refractivity contribution in [2.24, 2.45) is 5.92 Å². The molecule has 1 aromatic rings. The SMILES string of the molecule is C#C[C@@H](CC[C@H](Cc1cc(F)cc(F)c1)NC(=O)OC(C)(C)C)C(=O)O. The van der Waals surface area contributed by atoms with Crippen LogP contribution in [-0.2, 0) is 16.0 Å². The van der Waals surface area contributed by atoms with Gasteiger partial charge in [0.15, 0.2) is 0 Å². The van der Waals surface area contributed by atoms with Crippen molar-refractivity contribution >= 4 is 12.1 Å². The molecule has 0 fully saturated rings. The number of terminal acetylenes is 1. The van der Waals surface area contributed by atoms with Crippen molar-refractivity contribution in [2.75, 3.05) is 0 Å². The number of aliphatic carboxylic acids is 1. The zero-order valence-electron chi connectivity index (χ0n) is 15.0. The number of alkyl carbamates (subject to hydrolysis) is 1. The van der Waals surface area contributed by atoms with Crippen LogP contribution >= 0.6 is 0 Å². The number of carbonyl (C=O) groups excluding carboxylic acids is 1. The van der Waals surface area contributed by atoms with Gasteiger partial charge in [-0.25, -0.2) is 13.6 Å². The van der Waals surface area contributed by atoms with E-state index >= 15 is 0 Å². The molecule has 0 aliphatic heterocycles. The number of carbonyl (C=O) groups is 2.